The zero-order valence-corrected chi connectivity index (χ0v) is 10.4. The number of ether oxygens (including phenoxy) is 3. The SMILES string of the molecule is CCOC(COCCNC(C)C)OCC. The minimum atomic E-state index is -0.223. The van der Waals surface area contributed by atoms with Crippen LogP contribution in [0.15, 0.2) is 0 Å². The lowest BCUT2D eigenvalue weighted by Crippen LogP contribution is -2.29. The molecule has 4 heteroatoms. The largest absolute Gasteiger partial charge is 0.375 e. The van der Waals surface area contributed by atoms with Crippen LogP contribution in [-0.2, 0) is 14.2 Å². The molecule has 0 aliphatic carbocycles. The highest BCUT2D eigenvalue weighted by Gasteiger charge is 2.07. The predicted octanol–water partition coefficient (Wildman–Crippen LogP) is 1.40. The fourth-order valence-electron chi connectivity index (χ4n) is 1.12. The Morgan fingerprint density at radius 1 is 1.07 bits per heavy atom. The first kappa shape index (κ1) is 14.8. The van der Waals surface area contributed by atoms with Crippen LogP contribution in [0.2, 0.25) is 0 Å². The van der Waals surface area contributed by atoms with Gasteiger partial charge in [-0.2, -0.15) is 0 Å². The summed E-state index contributed by atoms with van der Waals surface area (Å²) in [7, 11) is 0. The molecule has 0 radical (unpaired) electrons. The van der Waals surface area contributed by atoms with Crippen LogP contribution in [0.5, 0.6) is 0 Å². The Labute approximate surface area is 93.3 Å². The maximum Gasteiger partial charge on any atom is 0.180 e. The molecule has 15 heavy (non-hydrogen) atoms. The average molecular weight is 219 g/mol. The number of rotatable bonds is 10. The average Bonchev–Trinajstić information content (AvgIpc) is 2.17. The lowest BCUT2D eigenvalue weighted by Gasteiger charge is -2.17. The van der Waals surface area contributed by atoms with Crippen LogP contribution in [0.1, 0.15) is 27.7 Å². The van der Waals surface area contributed by atoms with E-state index in [1.54, 1.807) is 0 Å². The van der Waals surface area contributed by atoms with Crippen LogP contribution >= 0.6 is 0 Å². The monoisotopic (exact) mass is 219 g/mol. The van der Waals surface area contributed by atoms with Crippen LogP contribution in [0, 0.1) is 0 Å². The minimum Gasteiger partial charge on any atom is -0.375 e. The van der Waals surface area contributed by atoms with Crippen molar-refractivity contribution in [2.75, 3.05) is 33.0 Å². The van der Waals surface area contributed by atoms with Gasteiger partial charge in [-0.05, 0) is 13.8 Å². The van der Waals surface area contributed by atoms with Gasteiger partial charge in [0.05, 0.1) is 13.2 Å². The molecule has 0 saturated carbocycles. The van der Waals surface area contributed by atoms with Gasteiger partial charge in [0.1, 0.15) is 0 Å². The zero-order chi connectivity index (χ0) is 11.5. The van der Waals surface area contributed by atoms with E-state index < -0.39 is 0 Å². The number of nitrogens with one attached hydrogen (secondary N) is 1. The molecule has 0 heterocycles. The Morgan fingerprint density at radius 2 is 1.67 bits per heavy atom. The van der Waals surface area contributed by atoms with E-state index >= 15 is 0 Å². The Hall–Kier alpha value is -0.160. The van der Waals surface area contributed by atoms with Crippen molar-refractivity contribution in [2.45, 2.75) is 40.0 Å². The van der Waals surface area contributed by atoms with Crippen LogP contribution in [0.3, 0.4) is 0 Å². The lowest BCUT2D eigenvalue weighted by molar-refractivity contribution is -0.166. The highest BCUT2D eigenvalue weighted by Crippen LogP contribution is 1.95. The van der Waals surface area contributed by atoms with Crippen molar-refractivity contribution in [1.82, 2.24) is 5.32 Å². The van der Waals surface area contributed by atoms with Crippen LogP contribution in [0.25, 0.3) is 0 Å². The molecule has 0 saturated heterocycles. The molecule has 1 N–H and O–H groups in total. The molecule has 0 aliphatic heterocycles. The van der Waals surface area contributed by atoms with Crippen molar-refractivity contribution in [1.29, 1.82) is 0 Å². The van der Waals surface area contributed by atoms with E-state index in [1.165, 1.54) is 0 Å². The topological polar surface area (TPSA) is 39.7 Å². The molecule has 0 rings (SSSR count). The second kappa shape index (κ2) is 10.4. The predicted molar refractivity (Wildman–Crippen MR) is 61.0 cm³/mol. The van der Waals surface area contributed by atoms with Crippen molar-refractivity contribution < 1.29 is 14.2 Å². The van der Waals surface area contributed by atoms with E-state index in [-0.39, 0.29) is 6.29 Å². The molecule has 92 valence electrons. The summed E-state index contributed by atoms with van der Waals surface area (Å²) in [4.78, 5) is 0. The Kier molecular flexibility index (Phi) is 10.3. The smallest absolute Gasteiger partial charge is 0.180 e. The molecule has 0 fully saturated rings. The second-order valence-electron chi connectivity index (χ2n) is 3.52. The normalized spacial score (nSPS) is 11.6. The quantitative estimate of drug-likeness (QED) is 0.445. The Bertz CT molecular complexity index is 125. The van der Waals surface area contributed by atoms with Gasteiger partial charge in [0.15, 0.2) is 6.29 Å². The van der Waals surface area contributed by atoms with Gasteiger partial charge >= 0.3 is 0 Å². The third kappa shape index (κ3) is 10.1. The molecule has 0 unspecified atom stereocenters. The third-order valence-corrected chi connectivity index (χ3v) is 1.76. The standard InChI is InChI=1S/C11H25NO3/c1-5-14-11(15-6-2)9-13-8-7-12-10(3)4/h10-12H,5-9H2,1-4H3. The third-order valence-electron chi connectivity index (χ3n) is 1.76. The van der Waals surface area contributed by atoms with Crippen LogP contribution < -0.4 is 5.32 Å². The van der Waals surface area contributed by atoms with Gasteiger partial charge in [-0.3, -0.25) is 0 Å². The first-order valence-corrected chi connectivity index (χ1v) is 5.75. The van der Waals surface area contributed by atoms with Gasteiger partial charge in [0.2, 0.25) is 0 Å². The van der Waals surface area contributed by atoms with E-state index in [9.17, 15) is 0 Å². The van der Waals surface area contributed by atoms with Crippen LogP contribution in [-0.4, -0.2) is 45.3 Å². The fraction of sp³-hybridized carbons (Fsp3) is 1.00. The summed E-state index contributed by atoms with van der Waals surface area (Å²) in [6.07, 6.45) is -0.223. The molecule has 4 nitrogen and oxygen atoms in total. The van der Waals surface area contributed by atoms with Gasteiger partial charge < -0.3 is 19.5 Å². The van der Waals surface area contributed by atoms with E-state index in [4.69, 9.17) is 14.2 Å². The summed E-state index contributed by atoms with van der Waals surface area (Å²) in [6, 6.07) is 0.503. The van der Waals surface area contributed by atoms with Gasteiger partial charge in [-0.25, -0.2) is 0 Å². The fourth-order valence-corrected chi connectivity index (χ4v) is 1.12. The molecule has 0 amide bonds. The van der Waals surface area contributed by atoms with Gasteiger partial charge in [-0.15, -0.1) is 0 Å². The van der Waals surface area contributed by atoms with Crippen molar-refractivity contribution in [3.05, 3.63) is 0 Å². The number of hydrogen-bond donors (Lipinski definition) is 1. The molecule has 0 aliphatic rings. The van der Waals surface area contributed by atoms with Crippen molar-refractivity contribution in [2.24, 2.45) is 0 Å². The summed E-state index contributed by atoms with van der Waals surface area (Å²) in [5.41, 5.74) is 0. The summed E-state index contributed by atoms with van der Waals surface area (Å²) in [5.74, 6) is 0. The zero-order valence-electron chi connectivity index (χ0n) is 10.4. The van der Waals surface area contributed by atoms with Crippen LogP contribution in [0.4, 0.5) is 0 Å². The highest BCUT2D eigenvalue weighted by atomic mass is 16.7. The molecule has 0 aromatic carbocycles. The van der Waals surface area contributed by atoms with Crippen molar-refractivity contribution >= 4 is 0 Å². The maximum atomic E-state index is 5.44. The minimum absolute atomic E-state index is 0.223. The Morgan fingerprint density at radius 3 is 2.13 bits per heavy atom. The highest BCUT2D eigenvalue weighted by molar-refractivity contribution is 4.51. The van der Waals surface area contributed by atoms with Crippen molar-refractivity contribution in [3.8, 4) is 0 Å². The molecule has 0 bridgehead atoms. The molecule has 0 aromatic rings. The summed E-state index contributed by atoms with van der Waals surface area (Å²) < 4.78 is 16.1. The lowest BCUT2D eigenvalue weighted by atomic mass is 10.4. The summed E-state index contributed by atoms with van der Waals surface area (Å²) >= 11 is 0. The molecular formula is C11H25NO3. The van der Waals surface area contributed by atoms with E-state index in [2.05, 4.69) is 19.2 Å². The first-order chi connectivity index (χ1) is 7.20. The Balaban J connectivity index is 3.36. The van der Waals surface area contributed by atoms with E-state index in [0.29, 0.717) is 32.5 Å². The molecule has 0 aromatic heterocycles. The summed E-state index contributed by atoms with van der Waals surface area (Å²) in [5, 5.41) is 3.28. The van der Waals surface area contributed by atoms with Gasteiger partial charge in [0.25, 0.3) is 0 Å². The molecule has 0 atom stereocenters. The van der Waals surface area contributed by atoms with Gasteiger partial charge in [-0.1, -0.05) is 13.8 Å². The maximum absolute atomic E-state index is 5.44. The number of hydrogen-bond acceptors (Lipinski definition) is 4. The van der Waals surface area contributed by atoms with Crippen molar-refractivity contribution in [3.63, 3.8) is 0 Å². The summed E-state index contributed by atoms with van der Waals surface area (Å²) in [6.45, 7) is 11.5. The van der Waals surface area contributed by atoms with Gasteiger partial charge in [0, 0.05) is 25.8 Å². The molecule has 0 spiro atoms. The first-order valence-electron chi connectivity index (χ1n) is 5.75. The van der Waals surface area contributed by atoms with E-state index in [1.807, 2.05) is 13.8 Å². The van der Waals surface area contributed by atoms with E-state index in [0.717, 1.165) is 6.54 Å². The second-order valence-corrected chi connectivity index (χ2v) is 3.52. The molecular weight excluding hydrogens is 194 g/mol.